The van der Waals surface area contributed by atoms with Crippen LogP contribution in [0.2, 0.25) is 0 Å². The van der Waals surface area contributed by atoms with E-state index in [2.05, 4.69) is 0 Å². The first-order chi connectivity index (χ1) is 8.09. The Balaban J connectivity index is 2.61. The van der Waals surface area contributed by atoms with Crippen molar-refractivity contribution in [2.45, 2.75) is 0 Å². The molecule has 17 heavy (non-hydrogen) atoms. The largest absolute Gasteiger partial charge is 0.507 e. The first-order valence-corrected chi connectivity index (χ1v) is 4.85. The number of hydrogen-bond acceptors (Lipinski definition) is 4. The lowest BCUT2D eigenvalue weighted by Crippen LogP contribution is -2.32. The van der Waals surface area contributed by atoms with Gasteiger partial charge in [0.15, 0.2) is 6.61 Å². The average Bonchev–Trinajstić information content (AvgIpc) is 2.28. The predicted octanol–water partition coefficient (Wildman–Crippen LogP) is -0.379. The summed E-state index contributed by atoms with van der Waals surface area (Å²) in [4.78, 5) is 27.2. The number of nitrogens with two attached hydrogens (primary N) is 1. The zero-order chi connectivity index (χ0) is 12.4. The van der Waals surface area contributed by atoms with Gasteiger partial charge in [-0.15, -0.1) is 4.73 Å². The van der Waals surface area contributed by atoms with Gasteiger partial charge < -0.3 is 15.7 Å². The Kier molecular flexibility index (Phi) is 2.70. The van der Waals surface area contributed by atoms with Crippen LogP contribution < -0.4 is 16.1 Å². The zero-order valence-corrected chi connectivity index (χ0v) is 8.79. The van der Waals surface area contributed by atoms with Crippen LogP contribution in [0, 0.1) is 0 Å². The Morgan fingerprint density at radius 3 is 2.82 bits per heavy atom. The lowest BCUT2D eigenvalue weighted by molar-refractivity contribution is -0.122. The van der Waals surface area contributed by atoms with Crippen molar-refractivity contribution in [2.75, 3.05) is 6.61 Å². The fourth-order valence-corrected chi connectivity index (χ4v) is 1.50. The number of nitrogens with zero attached hydrogens (tertiary/aromatic N) is 1. The summed E-state index contributed by atoms with van der Waals surface area (Å²) in [5, 5.41) is 10.0. The van der Waals surface area contributed by atoms with Gasteiger partial charge >= 0.3 is 0 Å². The van der Waals surface area contributed by atoms with E-state index in [1.165, 1.54) is 0 Å². The minimum absolute atomic E-state index is 0.135. The number of pyridine rings is 1. The minimum atomic E-state index is -0.686. The highest BCUT2D eigenvalue weighted by atomic mass is 16.7. The van der Waals surface area contributed by atoms with Crippen molar-refractivity contribution in [1.29, 1.82) is 0 Å². The van der Waals surface area contributed by atoms with E-state index in [9.17, 15) is 14.7 Å². The summed E-state index contributed by atoms with van der Waals surface area (Å²) >= 11 is 0. The number of aromatic hydroxyl groups is 1. The van der Waals surface area contributed by atoms with Gasteiger partial charge in [0.2, 0.25) is 0 Å². The lowest BCUT2D eigenvalue weighted by Gasteiger charge is -2.10. The second kappa shape index (κ2) is 4.17. The molecule has 0 saturated heterocycles. The Morgan fingerprint density at radius 2 is 2.12 bits per heavy atom. The average molecular weight is 234 g/mol. The maximum atomic E-state index is 11.6. The molecular weight excluding hydrogens is 224 g/mol. The fraction of sp³-hybridized carbons (Fsp3) is 0.0909. The molecule has 1 aromatic heterocycles. The van der Waals surface area contributed by atoms with Crippen LogP contribution in [0.15, 0.2) is 35.1 Å². The van der Waals surface area contributed by atoms with Crippen molar-refractivity contribution in [3.63, 3.8) is 0 Å². The molecule has 6 heteroatoms. The third-order valence-electron chi connectivity index (χ3n) is 2.20. The van der Waals surface area contributed by atoms with E-state index in [1.54, 1.807) is 24.3 Å². The summed E-state index contributed by atoms with van der Waals surface area (Å²) in [6, 6.07) is 7.64. The van der Waals surface area contributed by atoms with E-state index in [0.29, 0.717) is 10.9 Å². The van der Waals surface area contributed by atoms with Gasteiger partial charge in [-0.1, -0.05) is 12.1 Å². The zero-order valence-electron chi connectivity index (χ0n) is 8.79. The molecule has 0 unspecified atom stereocenters. The molecular formula is C11H10N2O4. The predicted molar refractivity (Wildman–Crippen MR) is 60.5 cm³/mol. The standard InChI is InChI=1S/C11H10N2O4/c12-10(15)6-17-13-8-4-2-1-3-7(8)9(14)5-11(13)16/h1-5,14H,6H2,(H2,12,15). The van der Waals surface area contributed by atoms with Crippen molar-refractivity contribution in [3.8, 4) is 5.75 Å². The van der Waals surface area contributed by atoms with E-state index >= 15 is 0 Å². The van der Waals surface area contributed by atoms with Crippen molar-refractivity contribution >= 4 is 16.8 Å². The number of primary amides is 1. The molecule has 0 bridgehead atoms. The molecule has 0 fully saturated rings. The number of carbonyl (C=O) groups excluding carboxylic acids is 1. The molecule has 2 aromatic rings. The molecule has 88 valence electrons. The van der Waals surface area contributed by atoms with Crippen molar-refractivity contribution in [1.82, 2.24) is 4.73 Å². The Hall–Kier alpha value is -2.50. The molecule has 1 aromatic carbocycles. The maximum absolute atomic E-state index is 11.6. The lowest BCUT2D eigenvalue weighted by atomic mass is 10.2. The van der Waals surface area contributed by atoms with Gasteiger partial charge in [0, 0.05) is 11.5 Å². The summed E-state index contributed by atoms with van der Waals surface area (Å²) in [6.45, 7) is -0.408. The molecule has 0 aliphatic rings. The van der Waals surface area contributed by atoms with Gasteiger partial charge in [-0.05, 0) is 12.1 Å². The highest BCUT2D eigenvalue weighted by Gasteiger charge is 2.08. The second-order valence-electron chi connectivity index (χ2n) is 3.42. The second-order valence-corrected chi connectivity index (χ2v) is 3.42. The molecule has 3 N–H and O–H groups in total. The summed E-state index contributed by atoms with van der Waals surface area (Å²) in [5.74, 6) is -0.821. The van der Waals surface area contributed by atoms with Crippen molar-refractivity contribution in [3.05, 3.63) is 40.7 Å². The first kappa shape index (κ1) is 11.0. The highest BCUT2D eigenvalue weighted by molar-refractivity contribution is 5.84. The molecule has 6 nitrogen and oxygen atoms in total. The van der Waals surface area contributed by atoms with Crippen LogP contribution in [0.3, 0.4) is 0 Å². The van der Waals surface area contributed by atoms with Crippen LogP contribution in [0.25, 0.3) is 10.9 Å². The molecule has 0 saturated carbocycles. The third-order valence-corrected chi connectivity index (χ3v) is 2.20. The first-order valence-electron chi connectivity index (χ1n) is 4.85. The van der Waals surface area contributed by atoms with Gasteiger partial charge in [0.25, 0.3) is 11.5 Å². The number of hydrogen-bond donors (Lipinski definition) is 2. The number of carbonyl (C=O) groups is 1. The molecule has 0 spiro atoms. The maximum Gasteiger partial charge on any atom is 0.287 e. The Morgan fingerprint density at radius 1 is 1.41 bits per heavy atom. The van der Waals surface area contributed by atoms with E-state index < -0.39 is 18.1 Å². The summed E-state index contributed by atoms with van der Waals surface area (Å²) in [5.41, 5.74) is 4.74. The SMILES string of the molecule is NC(=O)COn1c(=O)cc(O)c2ccccc21. The van der Waals surface area contributed by atoms with Gasteiger partial charge in [-0.2, -0.15) is 0 Å². The van der Waals surface area contributed by atoms with Crippen LogP contribution >= 0.6 is 0 Å². The van der Waals surface area contributed by atoms with E-state index in [4.69, 9.17) is 10.6 Å². The Labute approximate surface area is 95.8 Å². The van der Waals surface area contributed by atoms with Crippen LogP contribution in [-0.2, 0) is 4.79 Å². The number of rotatable bonds is 3. The number of aromatic nitrogens is 1. The van der Waals surface area contributed by atoms with E-state index in [-0.39, 0.29) is 5.75 Å². The molecule has 0 aliphatic carbocycles. The number of para-hydroxylation sites is 1. The molecule has 0 radical (unpaired) electrons. The van der Waals surface area contributed by atoms with Crippen LogP contribution in [0.1, 0.15) is 0 Å². The molecule has 2 rings (SSSR count). The van der Waals surface area contributed by atoms with E-state index in [1.807, 2.05) is 0 Å². The van der Waals surface area contributed by atoms with Crippen LogP contribution in [0.4, 0.5) is 0 Å². The van der Waals surface area contributed by atoms with Gasteiger partial charge in [0.1, 0.15) is 5.75 Å². The highest BCUT2D eigenvalue weighted by Crippen LogP contribution is 2.20. The third kappa shape index (κ3) is 2.05. The summed E-state index contributed by atoms with van der Waals surface area (Å²) in [7, 11) is 0. The summed E-state index contributed by atoms with van der Waals surface area (Å²) < 4.78 is 0.930. The van der Waals surface area contributed by atoms with Gasteiger partial charge in [-0.25, -0.2) is 0 Å². The van der Waals surface area contributed by atoms with Crippen molar-refractivity contribution in [2.24, 2.45) is 5.73 Å². The quantitative estimate of drug-likeness (QED) is 0.756. The van der Waals surface area contributed by atoms with Gasteiger partial charge in [0.05, 0.1) is 5.52 Å². The fourth-order valence-electron chi connectivity index (χ4n) is 1.50. The van der Waals surface area contributed by atoms with E-state index in [0.717, 1.165) is 10.8 Å². The minimum Gasteiger partial charge on any atom is -0.507 e. The van der Waals surface area contributed by atoms with Gasteiger partial charge in [-0.3, -0.25) is 9.59 Å². The molecule has 0 atom stereocenters. The smallest absolute Gasteiger partial charge is 0.287 e. The van der Waals surface area contributed by atoms with Crippen LogP contribution in [0.5, 0.6) is 5.75 Å². The Bertz CT molecular complexity index is 633. The molecule has 0 aliphatic heterocycles. The monoisotopic (exact) mass is 234 g/mol. The molecule has 1 amide bonds. The van der Waals surface area contributed by atoms with Crippen LogP contribution in [-0.4, -0.2) is 22.4 Å². The normalized spacial score (nSPS) is 10.4. The van der Waals surface area contributed by atoms with Crippen molar-refractivity contribution < 1.29 is 14.7 Å². The number of amides is 1. The number of benzene rings is 1. The summed E-state index contributed by atoms with van der Waals surface area (Å²) in [6.07, 6.45) is 0. The number of fused-ring (bicyclic) bond motifs is 1. The topological polar surface area (TPSA) is 94.6 Å². The molecule has 1 heterocycles.